The maximum absolute atomic E-state index is 13.0. The Morgan fingerprint density at radius 2 is 1.85 bits per heavy atom. The van der Waals surface area contributed by atoms with Crippen LogP contribution in [0.5, 0.6) is 0 Å². The fraction of sp³-hybridized carbons (Fsp3) is 0.474. The molecule has 1 aromatic heterocycles. The second kappa shape index (κ2) is 8.42. The third-order valence-corrected chi connectivity index (χ3v) is 4.64. The number of nitrogens with zero attached hydrogens (tertiary/aromatic N) is 4. The lowest BCUT2D eigenvalue weighted by Gasteiger charge is -2.34. The van der Waals surface area contributed by atoms with Gasteiger partial charge in [-0.3, -0.25) is 14.6 Å². The maximum Gasteiger partial charge on any atom is 0.236 e. The highest BCUT2D eigenvalue weighted by Gasteiger charge is 2.21. The summed E-state index contributed by atoms with van der Waals surface area (Å²) in [7, 11) is 1.79. The molecule has 1 saturated heterocycles. The van der Waals surface area contributed by atoms with Crippen LogP contribution in [0.25, 0.3) is 0 Å². The summed E-state index contributed by atoms with van der Waals surface area (Å²) in [5, 5.41) is 4.03. The third-order valence-electron chi connectivity index (χ3n) is 4.64. The number of aryl methyl sites for hydroxylation is 1. The molecule has 0 radical (unpaired) electrons. The van der Waals surface area contributed by atoms with Crippen LogP contribution in [0.3, 0.4) is 0 Å². The number of rotatable bonds is 6. The quantitative estimate of drug-likeness (QED) is 0.788. The summed E-state index contributed by atoms with van der Waals surface area (Å²) < 4.78 is 18.1. The first-order valence-electron chi connectivity index (χ1n) is 8.85. The van der Waals surface area contributed by atoms with E-state index in [4.69, 9.17) is 4.52 Å². The number of hydrogen-bond acceptors (Lipinski definition) is 5. The average Bonchev–Trinajstić information content (AvgIpc) is 3.03. The molecule has 0 bridgehead atoms. The molecule has 0 unspecified atom stereocenters. The third kappa shape index (κ3) is 5.12. The standard InChI is InChI=1S/C19H25FN4O2/c1-15-11-18(21-26-15)13-23-7-9-24(10-8-23)14-19(25)22(2)12-16-3-5-17(20)6-4-16/h3-6,11H,7-10,12-14H2,1-2H3. The van der Waals surface area contributed by atoms with E-state index in [1.165, 1.54) is 12.1 Å². The van der Waals surface area contributed by atoms with Gasteiger partial charge >= 0.3 is 0 Å². The van der Waals surface area contributed by atoms with Crippen LogP contribution in [0, 0.1) is 12.7 Å². The van der Waals surface area contributed by atoms with Crippen molar-refractivity contribution in [3.8, 4) is 0 Å². The number of halogens is 1. The number of hydrogen-bond donors (Lipinski definition) is 0. The Morgan fingerprint density at radius 3 is 2.46 bits per heavy atom. The Kier molecular flexibility index (Phi) is 6.00. The van der Waals surface area contributed by atoms with Crippen molar-refractivity contribution in [2.24, 2.45) is 0 Å². The van der Waals surface area contributed by atoms with Crippen LogP contribution in [0.1, 0.15) is 17.0 Å². The van der Waals surface area contributed by atoms with E-state index in [0.717, 1.165) is 49.7 Å². The molecule has 6 nitrogen and oxygen atoms in total. The summed E-state index contributed by atoms with van der Waals surface area (Å²) in [5.74, 6) is 0.643. The van der Waals surface area contributed by atoms with E-state index < -0.39 is 0 Å². The van der Waals surface area contributed by atoms with E-state index >= 15 is 0 Å². The molecule has 26 heavy (non-hydrogen) atoms. The van der Waals surface area contributed by atoms with Crippen molar-refractivity contribution >= 4 is 5.91 Å². The van der Waals surface area contributed by atoms with E-state index in [1.807, 2.05) is 13.0 Å². The minimum Gasteiger partial charge on any atom is -0.361 e. The highest BCUT2D eigenvalue weighted by molar-refractivity contribution is 5.78. The molecule has 1 aliphatic heterocycles. The lowest BCUT2D eigenvalue weighted by atomic mass is 10.2. The number of piperazine rings is 1. The Labute approximate surface area is 153 Å². The van der Waals surface area contributed by atoms with Crippen LogP contribution in [0.4, 0.5) is 4.39 Å². The SMILES string of the molecule is Cc1cc(CN2CCN(CC(=O)N(C)Cc3ccc(F)cc3)CC2)no1. The van der Waals surface area contributed by atoms with Crippen LogP contribution in [-0.4, -0.2) is 65.5 Å². The molecule has 1 amide bonds. The minimum atomic E-state index is -0.263. The van der Waals surface area contributed by atoms with E-state index in [1.54, 1.807) is 24.1 Å². The second-order valence-electron chi connectivity index (χ2n) is 6.86. The Morgan fingerprint density at radius 1 is 1.19 bits per heavy atom. The smallest absolute Gasteiger partial charge is 0.236 e. The number of amides is 1. The topological polar surface area (TPSA) is 52.8 Å². The molecule has 0 spiro atoms. The molecule has 140 valence electrons. The highest BCUT2D eigenvalue weighted by atomic mass is 19.1. The zero-order valence-electron chi connectivity index (χ0n) is 15.3. The van der Waals surface area contributed by atoms with Crippen molar-refractivity contribution in [1.82, 2.24) is 19.9 Å². The van der Waals surface area contributed by atoms with Gasteiger partial charge in [0.05, 0.1) is 12.2 Å². The number of benzene rings is 1. The van der Waals surface area contributed by atoms with Gasteiger partial charge < -0.3 is 9.42 Å². The number of carbonyl (C=O) groups is 1. The van der Waals surface area contributed by atoms with Crippen LogP contribution < -0.4 is 0 Å². The molecule has 7 heteroatoms. The van der Waals surface area contributed by atoms with Gasteiger partial charge in [-0.15, -0.1) is 0 Å². The first-order valence-corrected chi connectivity index (χ1v) is 8.85. The largest absolute Gasteiger partial charge is 0.361 e. The van der Waals surface area contributed by atoms with E-state index in [-0.39, 0.29) is 11.7 Å². The average molecular weight is 360 g/mol. The van der Waals surface area contributed by atoms with Crippen molar-refractivity contribution in [2.75, 3.05) is 39.8 Å². The van der Waals surface area contributed by atoms with Gasteiger partial charge in [0.15, 0.2) is 0 Å². The summed E-state index contributed by atoms with van der Waals surface area (Å²) in [6.07, 6.45) is 0. The lowest BCUT2D eigenvalue weighted by molar-refractivity contribution is -0.132. The van der Waals surface area contributed by atoms with Gasteiger partial charge in [0.25, 0.3) is 0 Å². The first kappa shape index (κ1) is 18.5. The molecule has 2 aromatic rings. The van der Waals surface area contributed by atoms with Crippen LogP contribution in [0.2, 0.25) is 0 Å². The summed E-state index contributed by atoms with van der Waals surface area (Å²) in [6.45, 7) is 7.09. The molecule has 0 atom stereocenters. The first-order chi connectivity index (χ1) is 12.5. The Bertz CT molecular complexity index is 723. The molecule has 1 fully saturated rings. The number of likely N-dealkylation sites (N-methyl/N-ethyl adjacent to an activating group) is 1. The van der Waals surface area contributed by atoms with Gasteiger partial charge in [0.1, 0.15) is 11.6 Å². The Hall–Kier alpha value is -2.25. The van der Waals surface area contributed by atoms with E-state index in [2.05, 4.69) is 15.0 Å². The highest BCUT2D eigenvalue weighted by Crippen LogP contribution is 2.10. The van der Waals surface area contributed by atoms with Crippen molar-refractivity contribution in [1.29, 1.82) is 0 Å². The summed E-state index contributed by atoms with van der Waals surface area (Å²) >= 11 is 0. The summed E-state index contributed by atoms with van der Waals surface area (Å²) in [5.41, 5.74) is 1.88. The Balaban J connectivity index is 1.41. The minimum absolute atomic E-state index is 0.0786. The van der Waals surface area contributed by atoms with Crippen molar-refractivity contribution in [3.05, 3.63) is 53.2 Å². The molecule has 1 aromatic carbocycles. The molecule has 0 aliphatic carbocycles. The predicted octanol–water partition coefficient (Wildman–Crippen LogP) is 1.90. The molecular formula is C19H25FN4O2. The van der Waals surface area contributed by atoms with Gasteiger partial charge in [-0.25, -0.2) is 4.39 Å². The van der Waals surface area contributed by atoms with E-state index in [9.17, 15) is 9.18 Å². The van der Waals surface area contributed by atoms with Crippen LogP contribution in [0.15, 0.2) is 34.9 Å². The zero-order valence-corrected chi connectivity index (χ0v) is 15.3. The maximum atomic E-state index is 13.0. The monoisotopic (exact) mass is 360 g/mol. The fourth-order valence-corrected chi connectivity index (χ4v) is 3.09. The molecule has 0 N–H and O–H groups in total. The van der Waals surface area contributed by atoms with Gasteiger partial charge in [0.2, 0.25) is 5.91 Å². The molecule has 0 saturated carbocycles. The summed E-state index contributed by atoms with van der Waals surface area (Å²) in [6, 6.07) is 8.22. The second-order valence-corrected chi connectivity index (χ2v) is 6.86. The van der Waals surface area contributed by atoms with Crippen LogP contribution in [-0.2, 0) is 17.9 Å². The van der Waals surface area contributed by atoms with E-state index in [0.29, 0.717) is 13.1 Å². The van der Waals surface area contributed by atoms with Crippen molar-refractivity contribution in [2.45, 2.75) is 20.0 Å². The van der Waals surface area contributed by atoms with Gasteiger partial charge in [-0.1, -0.05) is 17.3 Å². The van der Waals surface area contributed by atoms with Crippen molar-refractivity contribution in [3.63, 3.8) is 0 Å². The normalized spacial score (nSPS) is 16.0. The number of aromatic nitrogens is 1. The zero-order chi connectivity index (χ0) is 18.5. The fourth-order valence-electron chi connectivity index (χ4n) is 3.09. The molecule has 1 aliphatic rings. The predicted molar refractivity (Wildman–Crippen MR) is 95.8 cm³/mol. The molecular weight excluding hydrogens is 335 g/mol. The summed E-state index contributed by atoms with van der Waals surface area (Å²) in [4.78, 5) is 18.6. The molecule has 2 heterocycles. The van der Waals surface area contributed by atoms with Gasteiger partial charge in [0, 0.05) is 52.4 Å². The number of carbonyl (C=O) groups excluding carboxylic acids is 1. The van der Waals surface area contributed by atoms with Crippen LogP contribution >= 0.6 is 0 Å². The van der Waals surface area contributed by atoms with Crippen molar-refractivity contribution < 1.29 is 13.7 Å². The van der Waals surface area contributed by atoms with Gasteiger partial charge in [-0.05, 0) is 24.6 Å². The van der Waals surface area contributed by atoms with Gasteiger partial charge in [-0.2, -0.15) is 0 Å². The lowest BCUT2D eigenvalue weighted by Crippen LogP contribution is -2.49. The molecule has 3 rings (SSSR count).